The summed E-state index contributed by atoms with van der Waals surface area (Å²) in [6, 6.07) is 3.80. The highest BCUT2D eigenvalue weighted by atomic mass is 19.1. The van der Waals surface area contributed by atoms with Crippen molar-refractivity contribution in [3.63, 3.8) is 0 Å². The molecule has 0 unspecified atom stereocenters. The van der Waals surface area contributed by atoms with Crippen molar-refractivity contribution in [2.45, 2.75) is 20.0 Å². The maximum atomic E-state index is 13.7. The molecule has 104 valence electrons. The average molecular weight is 269 g/mol. The quantitative estimate of drug-likeness (QED) is 0.884. The molecule has 0 atom stereocenters. The number of carbonyl (C=O) groups is 2. The first-order chi connectivity index (χ1) is 8.81. The van der Waals surface area contributed by atoms with Crippen LogP contribution in [-0.4, -0.2) is 41.6 Å². The first-order valence-corrected chi connectivity index (χ1v) is 5.74. The Morgan fingerprint density at radius 3 is 2.53 bits per heavy atom. The van der Waals surface area contributed by atoms with Crippen molar-refractivity contribution >= 4 is 11.9 Å². The molecule has 0 spiro atoms. The van der Waals surface area contributed by atoms with Gasteiger partial charge in [0.2, 0.25) is 0 Å². The van der Waals surface area contributed by atoms with Gasteiger partial charge in [0, 0.05) is 12.6 Å². The van der Waals surface area contributed by atoms with Gasteiger partial charge in [-0.2, -0.15) is 0 Å². The van der Waals surface area contributed by atoms with Gasteiger partial charge in [0.1, 0.15) is 6.54 Å². The number of halogens is 1. The average Bonchev–Trinajstić information content (AvgIpc) is 2.29. The molecule has 1 amide bonds. The van der Waals surface area contributed by atoms with Gasteiger partial charge in [-0.3, -0.25) is 9.59 Å². The fourth-order valence-electron chi connectivity index (χ4n) is 1.48. The van der Waals surface area contributed by atoms with Gasteiger partial charge < -0.3 is 14.7 Å². The number of ether oxygens (including phenoxy) is 1. The van der Waals surface area contributed by atoms with Crippen molar-refractivity contribution < 1.29 is 23.8 Å². The Hall–Kier alpha value is -2.11. The van der Waals surface area contributed by atoms with E-state index in [1.54, 1.807) is 13.8 Å². The molecule has 0 saturated heterocycles. The molecule has 19 heavy (non-hydrogen) atoms. The molecular weight excluding hydrogens is 253 g/mol. The summed E-state index contributed by atoms with van der Waals surface area (Å²) in [4.78, 5) is 23.3. The summed E-state index contributed by atoms with van der Waals surface area (Å²) in [5, 5.41) is 8.59. The molecule has 6 heteroatoms. The number of benzene rings is 1. The van der Waals surface area contributed by atoms with E-state index in [0.717, 1.165) is 11.0 Å². The molecule has 1 N–H and O–H groups in total. The van der Waals surface area contributed by atoms with Crippen LogP contribution in [0.2, 0.25) is 0 Å². The summed E-state index contributed by atoms with van der Waals surface area (Å²) in [5.41, 5.74) is 0.0809. The number of carbonyl (C=O) groups excluding carboxylic acids is 1. The lowest BCUT2D eigenvalue weighted by Gasteiger charge is -2.15. The third-order valence-corrected chi connectivity index (χ3v) is 2.26. The van der Waals surface area contributed by atoms with Crippen LogP contribution < -0.4 is 4.74 Å². The van der Waals surface area contributed by atoms with Crippen molar-refractivity contribution in [2.24, 2.45) is 0 Å². The number of carboxylic acids is 1. The van der Waals surface area contributed by atoms with Gasteiger partial charge in [0.25, 0.3) is 5.91 Å². The largest absolute Gasteiger partial charge is 0.488 e. The van der Waals surface area contributed by atoms with Crippen molar-refractivity contribution in [3.05, 3.63) is 29.6 Å². The summed E-state index contributed by atoms with van der Waals surface area (Å²) in [5.74, 6) is -2.27. The predicted molar refractivity (Wildman–Crippen MR) is 66.8 cm³/mol. The fraction of sp³-hybridized carbons (Fsp3) is 0.385. The van der Waals surface area contributed by atoms with E-state index >= 15 is 0 Å². The smallest absolute Gasteiger partial charge is 0.323 e. The molecule has 1 aromatic rings. The number of carboxylic acid groups (broad SMARTS) is 1. The summed E-state index contributed by atoms with van der Waals surface area (Å²) >= 11 is 0. The number of rotatable bonds is 5. The lowest BCUT2D eigenvalue weighted by Crippen LogP contribution is -2.31. The molecule has 0 saturated carbocycles. The molecule has 0 radical (unpaired) electrons. The lowest BCUT2D eigenvalue weighted by molar-refractivity contribution is -0.137. The minimum Gasteiger partial charge on any atom is -0.488 e. The molecule has 0 fully saturated rings. The molecule has 0 aliphatic heterocycles. The molecule has 0 heterocycles. The molecule has 1 aromatic carbocycles. The normalized spacial score (nSPS) is 10.4. The molecule has 0 aliphatic carbocycles. The van der Waals surface area contributed by atoms with Gasteiger partial charge in [0.15, 0.2) is 11.6 Å². The van der Waals surface area contributed by atoms with Gasteiger partial charge in [-0.1, -0.05) is 0 Å². The number of hydrogen-bond donors (Lipinski definition) is 1. The zero-order valence-corrected chi connectivity index (χ0v) is 11.0. The van der Waals surface area contributed by atoms with Crippen molar-refractivity contribution in [1.82, 2.24) is 4.90 Å². The SMILES string of the molecule is CC(C)Oc1ccc(C(=O)N(C)CC(=O)O)cc1F. The molecule has 0 aromatic heterocycles. The van der Waals surface area contributed by atoms with E-state index in [1.165, 1.54) is 19.2 Å². The number of aliphatic carboxylic acids is 1. The Morgan fingerprint density at radius 2 is 2.05 bits per heavy atom. The van der Waals surface area contributed by atoms with E-state index in [-0.39, 0.29) is 17.4 Å². The van der Waals surface area contributed by atoms with Gasteiger partial charge in [-0.05, 0) is 32.0 Å². The molecule has 0 aliphatic rings. The van der Waals surface area contributed by atoms with Crippen LogP contribution in [0.5, 0.6) is 5.75 Å². The Labute approximate surface area is 110 Å². The summed E-state index contributed by atoms with van der Waals surface area (Å²) < 4.78 is 18.9. The van der Waals surface area contributed by atoms with Crippen LogP contribution in [-0.2, 0) is 4.79 Å². The number of likely N-dealkylation sites (N-methyl/N-ethyl adjacent to an activating group) is 1. The highest BCUT2D eigenvalue weighted by Gasteiger charge is 2.16. The Bertz CT molecular complexity index is 488. The standard InChI is InChI=1S/C13H16FNO4/c1-8(2)19-11-5-4-9(6-10(11)14)13(18)15(3)7-12(16)17/h4-6,8H,7H2,1-3H3,(H,16,17). The van der Waals surface area contributed by atoms with E-state index in [9.17, 15) is 14.0 Å². The number of nitrogens with zero attached hydrogens (tertiary/aromatic N) is 1. The number of hydrogen-bond acceptors (Lipinski definition) is 3. The van der Waals surface area contributed by atoms with E-state index in [0.29, 0.717) is 0 Å². The van der Waals surface area contributed by atoms with E-state index in [2.05, 4.69) is 0 Å². The molecule has 5 nitrogen and oxygen atoms in total. The van der Waals surface area contributed by atoms with Crippen molar-refractivity contribution in [2.75, 3.05) is 13.6 Å². The van der Waals surface area contributed by atoms with Crippen LogP contribution in [0.3, 0.4) is 0 Å². The minimum atomic E-state index is -1.13. The van der Waals surface area contributed by atoms with Gasteiger partial charge >= 0.3 is 5.97 Å². The second-order valence-electron chi connectivity index (χ2n) is 4.37. The Balaban J connectivity index is 2.88. The first-order valence-electron chi connectivity index (χ1n) is 5.74. The van der Waals surface area contributed by atoms with Crippen molar-refractivity contribution in [1.29, 1.82) is 0 Å². The summed E-state index contributed by atoms with van der Waals surface area (Å²) in [6.07, 6.45) is -0.175. The summed E-state index contributed by atoms with van der Waals surface area (Å²) in [6.45, 7) is 3.09. The highest BCUT2D eigenvalue weighted by molar-refractivity contribution is 5.95. The lowest BCUT2D eigenvalue weighted by atomic mass is 10.2. The Kier molecular flexibility index (Phi) is 4.86. The van der Waals surface area contributed by atoms with Crippen LogP contribution in [0, 0.1) is 5.82 Å². The van der Waals surface area contributed by atoms with Crippen LogP contribution in [0.4, 0.5) is 4.39 Å². The Morgan fingerprint density at radius 1 is 1.42 bits per heavy atom. The first kappa shape index (κ1) is 14.9. The van der Waals surface area contributed by atoms with Gasteiger partial charge in [-0.25, -0.2) is 4.39 Å². The zero-order valence-electron chi connectivity index (χ0n) is 11.0. The van der Waals surface area contributed by atoms with E-state index in [1.807, 2.05) is 0 Å². The summed E-state index contributed by atoms with van der Waals surface area (Å²) in [7, 11) is 1.34. The molecule has 0 bridgehead atoms. The van der Waals surface area contributed by atoms with Crippen LogP contribution in [0.15, 0.2) is 18.2 Å². The molecular formula is C13H16FNO4. The third kappa shape index (κ3) is 4.24. The number of amides is 1. The third-order valence-electron chi connectivity index (χ3n) is 2.26. The fourth-order valence-corrected chi connectivity index (χ4v) is 1.48. The minimum absolute atomic E-state index is 0.0624. The second kappa shape index (κ2) is 6.17. The second-order valence-corrected chi connectivity index (χ2v) is 4.37. The maximum absolute atomic E-state index is 13.7. The van der Waals surface area contributed by atoms with Gasteiger partial charge in [-0.15, -0.1) is 0 Å². The van der Waals surface area contributed by atoms with Crippen LogP contribution in [0.25, 0.3) is 0 Å². The monoisotopic (exact) mass is 269 g/mol. The molecule has 1 rings (SSSR count). The zero-order chi connectivity index (χ0) is 14.6. The van der Waals surface area contributed by atoms with E-state index < -0.39 is 24.2 Å². The van der Waals surface area contributed by atoms with Crippen LogP contribution in [0.1, 0.15) is 24.2 Å². The van der Waals surface area contributed by atoms with Crippen LogP contribution >= 0.6 is 0 Å². The van der Waals surface area contributed by atoms with Gasteiger partial charge in [0.05, 0.1) is 6.10 Å². The predicted octanol–water partition coefficient (Wildman–Crippen LogP) is 1.77. The van der Waals surface area contributed by atoms with E-state index in [4.69, 9.17) is 9.84 Å². The topological polar surface area (TPSA) is 66.8 Å². The highest BCUT2D eigenvalue weighted by Crippen LogP contribution is 2.20. The maximum Gasteiger partial charge on any atom is 0.323 e. The van der Waals surface area contributed by atoms with Crippen molar-refractivity contribution in [3.8, 4) is 5.75 Å².